The fourth-order valence-corrected chi connectivity index (χ4v) is 2.31. The molecule has 0 unspecified atom stereocenters. The van der Waals surface area contributed by atoms with Gasteiger partial charge < -0.3 is 11.1 Å². The van der Waals surface area contributed by atoms with Crippen LogP contribution in [0.3, 0.4) is 0 Å². The molecule has 0 spiro atoms. The number of aromatic nitrogens is 2. The minimum absolute atomic E-state index is 0.0437. The van der Waals surface area contributed by atoms with E-state index in [2.05, 4.69) is 10.4 Å². The van der Waals surface area contributed by atoms with Gasteiger partial charge in [-0.1, -0.05) is 6.07 Å². The second-order valence-electron chi connectivity index (χ2n) is 4.48. The summed E-state index contributed by atoms with van der Waals surface area (Å²) in [4.78, 5) is 11.3. The van der Waals surface area contributed by atoms with E-state index < -0.39 is 0 Å². The van der Waals surface area contributed by atoms with Crippen molar-refractivity contribution in [2.24, 2.45) is 12.8 Å². The van der Waals surface area contributed by atoms with Gasteiger partial charge in [-0.15, -0.1) is 0 Å². The molecule has 1 aliphatic rings. The maximum Gasteiger partial charge on any atom is 0.228 e. The lowest BCUT2D eigenvalue weighted by molar-refractivity contribution is -0.115. The Morgan fingerprint density at radius 3 is 3.11 bits per heavy atom. The van der Waals surface area contributed by atoms with Crippen LogP contribution in [0, 0.1) is 0 Å². The average Bonchev–Trinajstić information content (AvgIpc) is 2.89. The number of hydrogen-bond donors (Lipinski definition) is 2. The fourth-order valence-electron chi connectivity index (χ4n) is 2.31. The topological polar surface area (TPSA) is 72.9 Å². The van der Waals surface area contributed by atoms with Gasteiger partial charge in [0.05, 0.1) is 12.1 Å². The summed E-state index contributed by atoms with van der Waals surface area (Å²) < 4.78 is 1.76. The number of carbonyl (C=O) groups is 1. The molecule has 0 bridgehead atoms. The highest BCUT2D eigenvalue weighted by atomic mass is 16.1. The van der Waals surface area contributed by atoms with E-state index in [-0.39, 0.29) is 5.91 Å². The van der Waals surface area contributed by atoms with E-state index in [1.807, 2.05) is 31.4 Å². The maximum atomic E-state index is 11.3. The van der Waals surface area contributed by atoms with Gasteiger partial charge in [0.2, 0.25) is 5.91 Å². The van der Waals surface area contributed by atoms with Gasteiger partial charge in [0, 0.05) is 36.6 Å². The molecule has 2 aromatic rings. The summed E-state index contributed by atoms with van der Waals surface area (Å²) >= 11 is 0. The number of nitrogens with two attached hydrogens (primary N) is 1. The molecule has 1 aliphatic heterocycles. The first-order valence-electron chi connectivity index (χ1n) is 5.83. The number of rotatable bonds is 2. The number of nitrogens with zero attached hydrogens (tertiary/aromatic N) is 2. The van der Waals surface area contributed by atoms with Crippen molar-refractivity contribution >= 4 is 11.6 Å². The van der Waals surface area contributed by atoms with Crippen LogP contribution < -0.4 is 11.1 Å². The Bertz CT molecular complexity index is 630. The molecule has 3 rings (SSSR count). The molecule has 2 heterocycles. The molecule has 92 valence electrons. The zero-order chi connectivity index (χ0) is 12.7. The van der Waals surface area contributed by atoms with E-state index in [1.54, 1.807) is 4.68 Å². The van der Waals surface area contributed by atoms with Crippen molar-refractivity contribution in [2.45, 2.75) is 13.0 Å². The second-order valence-corrected chi connectivity index (χ2v) is 4.48. The Balaban J connectivity index is 2.08. The lowest BCUT2D eigenvalue weighted by Crippen LogP contribution is -2.03. The molecule has 3 N–H and O–H groups in total. The smallest absolute Gasteiger partial charge is 0.228 e. The molecular weight excluding hydrogens is 228 g/mol. The summed E-state index contributed by atoms with van der Waals surface area (Å²) in [6, 6.07) is 5.89. The third-order valence-electron chi connectivity index (χ3n) is 3.13. The van der Waals surface area contributed by atoms with E-state index >= 15 is 0 Å². The van der Waals surface area contributed by atoms with Gasteiger partial charge in [-0.2, -0.15) is 5.10 Å². The average molecular weight is 242 g/mol. The van der Waals surface area contributed by atoms with Gasteiger partial charge in [0.15, 0.2) is 0 Å². The Morgan fingerprint density at radius 1 is 1.50 bits per heavy atom. The van der Waals surface area contributed by atoms with Crippen LogP contribution in [-0.4, -0.2) is 15.7 Å². The van der Waals surface area contributed by atoms with E-state index in [0.717, 1.165) is 28.1 Å². The van der Waals surface area contributed by atoms with Crippen molar-refractivity contribution in [3.63, 3.8) is 0 Å². The maximum absolute atomic E-state index is 11.3. The van der Waals surface area contributed by atoms with Crippen molar-refractivity contribution in [3.05, 3.63) is 35.5 Å². The summed E-state index contributed by atoms with van der Waals surface area (Å²) in [5, 5.41) is 7.25. The lowest BCUT2D eigenvalue weighted by atomic mass is 10.0. The van der Waals surface area contributed by atoms with E-state index in [0.29, 0.717) is 13.0 Å². The normalized spacial score (nSPS) is 13.6. The SMILES string of the molecule is Cn1cc(CN)c(-c2ccc3c(c2)CC(=O)N3)n1. The van der Waals surface area contributed by atoms with E-state index in [1.165, 1.54) is 0 Å². The van der Waals surface area contributed by atoms with Gasteiger partial charge in [0.1, 0.15) is 0 Å². The van der Waals surface area contributed by atoms with Crippen molar-refractivity contribution < 1.29 is 4.79 Å². The highest BCUT2D eigenvalue weighted by Gasteiger charge is 2.19. The number of benzene rings is 1. The molecule has 5 heteroatoms. The van der Waals surface area contributed by atoms with E-state index in [9.17, 15) is 4.79 Å². The van der Waals surface area contributed by atoms with Gasteiger partial charge in [0.25, 0.3) is 0 Å². The molecule has 0 fully saturated rings. The van der Waals surface area contributed by atoms with Crippen LogP contribution in [-0.2, 0) is 24.8 Å². The fraction of sp³-hybridized carbons (Fsp3) is 0.231. The first kappa shape index (κ1) is 11.0. The second kappa shape index (κ2) is 3.96. The number of amides is 1. The highest BCUT2D eigenvalue weighted by molar-refractivity contribution is 5.99. The standard InChI is InChI=1S/C13H14N4O/c1-17-7-10(6-14)13(16-17)8-2-3-11-9(4-8)5-12(18)15-11/h2-4,7H,5-6,14H2,1H3,(H,15,18). The van der Waals surface area contributed by atoms with Crippen LogP contribution in [0.25, 0.3) is 11.3 Å². The largest absolute Gasteiger partial charge is 0.326 e. The van der Waals surface area contributed by atoms with Gasteiger partial charge in [-0.25, -0.2) is 0 Å². The summed E-state index contributed by atoms with van der Waals surface area (Å²) in [5.74, 6) is 0.0437. The Labute approximate surface area is 105 Å². The third-order valence-corrected chi connectivity index (χ3v) is 3.13. The quantitative estimate of drug-likeness (QED) is 0.826. The molecule has 1 aromatic heterocycles. The summed E-state index contributed by atoms with van der Waals surface area (Å²) in [6.07, 6.45) is 2.36. The number of hydrogen-bond acceptors (Lipinski definition) is 3. The van der Waals surface area contributed by atoms with Crippen LogP contribution in [0.5, 0.6) is 0 Å². The van der Waals surface area contributed by atoms with Crippen molar-refractivity contribution in [1.82, 2.24) is 9.78 Å². The number of fused-ring (bicyclic) bond motifs is 1. The number of nitrogens with one attached hydrogen (secondary N) is 1. The van der Waals surface area contributed by atoms with Crippen LogP contribution in [0.2, 0.25) is 0 Å². The molecule has 1 aromatic carbocycles. The third kappa shape index (κ3) is 1.69. The highest BCUT2D eigenvalue weighted by Crippen LogP contribution is 2.29. The summed E-state index contributed by atoms with van der Waals surface area (Å²) in [5.41, 5.74) is 10.5. The van der Waals surface area contributed by atoms with Crippen molar-refractivity contribution in [3.8, 4) is 11.3 Å². The zero-order valence-corrected chi connectivity index (χ0v) is 10.1. The first-order valence-corrected chi connectivity index (χ1v) is 5.83. The zero-order valence-electron chi connectivity index (χ0n) is 10.1. The molecular formula is C13H14N4O. The van der Waals surface area contributed by atoms with Gasteiger partial charge in [-0.05, 0) is 17.7 Å². The van der Waals surface area contributed by atoms with Gasteiger partial charge >= 0.3 is 0 Å². The predicted molar refractivity (Wildman–Crippen MR) is 68.9 cm³/mol. The molecule has 0 radical (unpaired) electrons. The Morgan fingerprint density at radius 2 is 2.33 bits per heavy atom. The monoisotopic (exact) mass is 242 g/mol. The summed E-state index contributed by atoms with van der Waals surface area (Å²) in [6.45, 7) is 0.456. The minimum atomic E-state index is 0.0437. The van der Waals surface area contributed by atoms with Crippen molar-refractivity contribution in [2.75, 3.05) is 5.32 Å². The first-order chi connectivity index (χ1) is 8.67. The van der Waals surface area contributed by atoms with Crippen LogP contribution in [0.15, 0.2) is 24.4 Å². The molecule has 0 saturated heterocycles. The minimum Gasteiger partial charge on any atom is -0.326 e. The van der Waals surface area contributed by atoms with Crippen molar-refractivity contribution in [1.29, 1.82) is 0 Å². The number of carbonyl (C=O) groups excluding carboxylic acids is 1. The Kier molecular flexibility index (Phi) is 2.41. The number of anilines is 1. The molecule has 0 aliphatic carbocycles. The molecule has 18 heavy (non-hydrogen) atoms. The van der Waals surface area contributed by atoms with Crippen LogP contribution in [0.4, 0.5) is 5.69 Å². The van der Waals surface area contributed by atoms with E-state index in [4.69, 9.17) is 5.73 Å². The molecule has 5 nitrogen and oxygen atoms in total. The van der Waals surface area contributed by atoms with Crippen LogP contribution in [0.1, 0.15) is 11.1 Å². The molecule has 0 saturated carbocycles. The lowest BCUT2D eigenvalue weighted by Gasteiger charge is -2.03. The summed E-state index contributed by atoms with van der Waals surface area (Å²) in [7, 11) is 1.88. The predicted octanol–water partition coefficient (Wildman–Crippen LogP) is 1.04. The number of aryl methyl sites for hydroxylation is 1. The van der Waals surface area contributed by atoms with Crippen LogP contribution >= 0.6 is 0 Å². The molecule has 0 atom stereocenters. The van der Waals surface area contributed by atoms with Gasteiger partial charge in [-0.3, -0.25) is 9.48 Å². The Hall–Kier alpha value is -2.14. The molecule has 1 amide bonds.